The molecule has 5 nitrogen and oxygen atoms in total. The van der Waals surface area contributed by atoms with Crippen LogP contribution in [0.3, 0.4) is 0 Å². The van der Waals surface area contributed by atoms with Gasteiger partial charge in [-0.1, -0.05) is 11.3 Å². The molecule has 17 heavy (non-hydrogen) atoms. The Hall–Kier alpha value is -1.73. The number of benzene rings is 1. The quantitative estimate of drug-likeness (QED) is 0.640. The van der Waals surface area contributed by atoms with E-state index in [4.69, 9.17) is 5.84 Å². The molecule has 2 aromatic rings. The molecule has 0 aliphatic carbocycles. The lowest BCUT2D eigenvalue weighted by atomic mass is 10.3. The summed E-state index contributed by atoms with van der Waals surface area (Å²) in [6.45, 7) is 0.602. The van der Waals surface area contributed by atoms with Crippen LogP contribution in [0.4, 0.5) is 15.2 Å². The second-order valence-corrected chi connectivity index (χ2v) is 4.54. The molecule has 0 radical (unpaired) electrons. The maximum Gasteiger partial charge on any atom is 0.219 e. The van der Waals surface area contributed by atoms with E-state index in [0.717, 1.165) is 10.7 Å². The van der Waals surface area contributed by atoms with E-state index in [0.29, 0.717) is 11.7 Å². The van der Waals surface area contributed by atoms with Crippen LogP contribution in [0.2, 0.25) is 0 Å². The van der Waals surface area contributed by atoms with E-state index in [9.17, 15) is 4.39 Å². The molecule has 0 fully saturated rings. The number of nitrogens with zero attached hydrogens (tertiary/aromatic N) is 3. The number of nitrogen functional groups attached to an aromatic ring is 1. The van der Waals surface area contributed by atoms with Gasteiger partial charge in [0.15, 0.2) is 0 Å². The van der Waals surface area contributed by atoms with Crippen molar-refractivity contribution in [1.82, 2.24) is 10.2 Å². The van der Waals surface area contributed by atoms with Gasteiger partial charge in [-0.2, -0.15) is 0 Å². The van der Waals surface area contributed by atoms with Gasteiger partial charge in [-0.05, 0) is 24.3 Å². The minimum Gasteiger partial charge on any atom is -0.368 e. The number of halogens is 1. The molecule has 0 saturated carbocycles. The van der Waals surface area contributed by atoms with Crippen LogP contribution in [0.25, 0.3) is 0 Å². The first kappa shape index (κ1) is 11.7. The van der Waals surface area contributed by atoms with Crippen LogP contribution < -0.4 is 16.2 Å². The summed E-state index contributed by atoms with van der Waals surface area (Å²) in [6.07, 6.45) is 0. The van der Waals surface area contributed by atoms with Crippen molar-refractivity contribution in [3.05, 3.63) is 35.1 Å². The molecule has 1 aromatic carbocycles. The smallest absolute Gasteiger partial charge is 0.219 e. The van der Waals surface area contributed by atoms with E-state index in [1.807, 2.05) is 11.9 Å². The van der Waals surface area contributed by atoms with Crippen molar-refractivity contribution in [3.63, 3.8) is 0 Å². The summed E-state index contributed by atoms with van der Waals surface area (Å²) in [4.78, 5) is 1.96. The highest BCUT2D eigenvalue weighted by Gasteiger charge is 2.07. The van der Waals surface area contributed by atoms with Crippen LogP contribution in [0.1, 0.15) is 5.01 Å². The van der Waals surface area contributed by atoms with Crippen LogP contribution in [0, 0.1) is 5.82 Å². The van der Waals surface area contributed by atoms with Gasteiger partial charge in [0.05, 0.1) is 6.54 Å². The van der Waals surface area contributed by atoms with Gasteiger partial charge in [-0.3, -0.25) is 5.43 Å². The fourth-order valence-corrected chi connectivity index (χ4v) is 2.07. The molecule has 0 aliphatic rings. The average molecular weight is 253 g/mol. The fraction of sp³-hybridized carbons (Fsp3) is 0.200. The minimum absolute atomic E-state index is 0.243. The average Bonchev–Trinajstić information content (AvgIpc) is 2.77. The van der Waals surface area contributed by atoms with Crippen LogP contribution in [-0.4, -0.2) is 17.2 Å². The summed E-state index contributed by atoms with van der Waals surface area (Å²) < 4.78 is 12.8. The van der Waals surface area contributed by atoms with E-state index in [1.165, 1.54) is 23.5 Å². The Morgan fingerprint density at radius 1 is 1.35 bits per heavy atom. The molecule has 3 N–H and O–H groups in total. The molecule has 0 unspecified atom stereocenters. The number of hydrazine groups is 1. The first-order chi connectivity index (χ1) is 8.19. The van der Waals surface area contributed by atoms with Crippen molar-refractivity contribution in [1.29, 1.82) is 0 Å². The molecule has 0 saturated heterocycles. The number of nitrogens with two attached hydrogens (primary N) is 1. The zero-order chi connectivity index (χ0) is 12.3. The van der Waals surface area contributed by atoms with E-state index in [2.05, 4.69) is 15.6 Å². The topological polar surface area (TPSA) is 67.1 Å². The third kappa shape index (κ3) is 2.89. The Morgan fingerprint density at radius 3 is 2.65 bits per heavy atom. The van der Waals surface area contributed by atoms with Crippen molar-refractivity contribution < 1.29 is 4.39 Å². The van der Waals surface area contributed by atoms with Gasteiger partial charge in [0, 0.05) is 12.7 Å². The van der Waals surface area contributed by atoms with Crippen molar-refractivity contribution in [2.24, 2.45) is 5.84 Å². The third-order valence-corrected chi connectivity index (χ3v) is 3.07. The zero-order valence-corrected chi connectivity index (χ0v) is 10.0. The lowest BCUT2D eigenvalue weighted by Gasteiger charge is -2.17. The second kappa shape index (κ2) is 5.07. The van der Waals surface area contributed by atoms with Crippen LogP contribution in [0.5, 0.6) is 0 Å². The Balaban J connectivity index is 2.05. The number of aromatic nitrogens is 2. The van der Waals surface area contributed by atoms with Gasteiger partial charge in [-0.15, -0.1) is 10.2 Å². The summed E-state index contributed by atoms with van der Waals surface area (Å²) in [5, 5.41) is 9.24. The maximum absolute atomic E-state index is 12.8. The van der Waals surface area contributed by atoms with Crippen LogP contribution in [0.15, 0.2) is 24.3 Å². The van der Waals surface area contributed by atoms with Crippen molar-refractivity contribution in [3.8, 4) is 0 Å². The number of anilines is 2. The largest absolute Gasteiger partial charge is 0.368 e. The van der Waals surface area contributed by atoms with Crippen molar-refractivity contribution in [2.45, 2.75) is 6.54 Å². The van der Waals surface area contributed by atoms with Gasteiger partial charge >= 0.3 is 0 Å². The molecular weight excluding hydrogens is 241 g/mol. The lowest BCUT2D eigenvalue weighted by molar-refractivity contribution is 0.627. The van der Waals surface area contributed by atoms with E-state index >= 15 is 0 Å². The predicted molar refractivity (Wildman–Crippen MR) is 66.2 cm³/mol. The van der Waals surface area contributed by atoms with Crippen molar-refractivity contribution in [2.75, 3.05) is 17.4 Å². The summed E-state index contributed by atoms with van der Waals surface area (Å²) in [5.74, 6) is 4.98. The third-order valence-electron chi connectivity index (χ3n) is 2.23. The Kier molecular flexibility index (Phi) is 3.50. The van der Waals surface area contributed by atoms with E-state index < -0.39 is 0 Å². The standard InChI is InChI=1S/C10H12FN5S/c1-16(8-4-2-7(11)3-5-8)6-9-14-15-10(13-12)17-9/h2-5H,6,12H2,1H3,(H,13,15). The molecule has 7 heteroatoms. The summed E-state index contributed by atoms with van der Waals surface area (Å²) in [7, 11) is 1.91. The lowest BCUT2D eigenvalue weighted by Crippen LogP contribution is -2.16. The highest BCUT2D eigenvalue weighted by atomic mass is 32.1. The summed E-state index contributed by atoms with van der Waals surface area (Å²) in [5.41, 5.74) is 3.36. The van der Waals surface area contributed by atoms with Gasteiger partial charge in [0.2, 0.25) is 5.13 Å². The van der Waals surface area contributed by atoms with Crippen molar-refractivity contribution >= 4 is 22.2 Å². The Labute approximate surface area is 102 Å². The van der Waals surface area contributed by atoms with Crippen LogP contribution in [-0.2, 0) is 6.54 Å². The molecule has 0 amide bonds. The monoisotopic (exact) mass is 253 g/mol. The Morgan fingerprint density at radius 2 is 2.06 bits per heavy atom. The first-order valence-electron chi connectivity index (χ1n) is 4.95. The molecular formula is C10H12FN5S. The highest BCUT2D eigenvalue weighted by molar-refractivity contribution is 7.15. The molecule has 0 atom stereocenters. The molecule has 1 aromatic heterocycles. The summed E-state index contributed by atoms with van der Waals surface area (Å²) >= 11 is 1.38. The number of hydrogen-bond donors (Lipinski definition) is 2. The van der Waals surface area contributed by atoms with Gasteiger partial charge in [0.25, 0.3) is 0 Å². The molecule has 2 rings (SSSR count). The normalized spacial score (nSPS) is 10.3. The molecule has 0 aliphatic heterocycles. The molecule has 1 heterocycles. The minimum atomic E-state index is -0.243. The number of rotatable bonds is 4. The summed E-state index contributed by atoms with van der Waals surface area (Å²) in [6, 6.07) is 6.30. The number of nitrogens with one attached hydrogen (secondary N) is 1. The Bertz CT molecular complexity index is 484. The second-order valence-electron chi connectivity index (χ2n) is 3.48. The first-order valence-corrected chi connectivity index (χ1v) is 5.76. The maximum atomic E-state index is 12.8. The molecule has 90 valence electrons. The van der Waals surface area contributed by atoms with Gasteiger partial charge in [-0.25, -0.2) is 10.2 Å². The van der Waals surface area contributed by atoms with E-state index in [1.54, 1.807) is 12.1 Å². The van der Waals surface area contributed by atoms with Gasteiger partial charge in [0.1, 0.15) is 10.8 Å². The fourth-order valence-electron chi connectivity index (χ4n) is 1.37. The SMILES string of the molecule is CN(Cc1nnc(NN)s1)c1ccc(F)cc1. The molecule has 0 bridgehead atoms. The zero-order valence-electron chi connectivity index (χ0n) is 9.22. The van der Waals surface area contributed by atoms with E-state index in [-0.39, 0.29) is 5.82 Å². The van der Waals surface area contributed by atoms with Crippen LogP contribution >= 0.6 is 11.3 Å². The van der Waals surface area contributed by atoms with Gasteiger partial charge < -0.3 is 4.90 Å². The highest BCUT2D eigenvalue weighted by Crippen LogP contribution is 2.19. The number of hydrogen-bond acceptors (Lipinski definition) is 6. The molecule has 0 spiro atoms. The predicted octanol–water partition coefficient (Wildman–Crippen LogP) is 1.60.